The summed E-state index contributed by atoms with van der Waals surface area (Å²) >= 11 is 13.5. The highest BCUT2D eigenvalue weighted by Gasteiger charge is 2.12. The predicted molar refractivity (Wildman–Crippen MR) is 87.5 cm³/mol. The number of halogens is 2. The maximum atomic E-state index is 6.15. The fourth-order valence-electron chi connectivity index (χ4n) is 1.98. The van der Waals surface area contributed by atoms with Gasteiger partial charge in [-0.15, -0.1) is 11.3 Å². The molecule has 0 amide bonds. The second-order valence-electron chi connectivity index (χ2n) is 4.55. The Labute approximate surface area is 133 Å². The minimum absolute atomic E-state index is 0.199. The lowest BCUT2D eigenvalue weighted by atomic mass is 10.1. The molecule has 1 heterocycles. The van der Waals surface area contributed by atoms with Gasteiger partial charge in [0, 0.05) is 6.04 Å². The fraction of sp³-hybridized carbons (Fsp3) is 0.333. The van der Waals surface area contributed by atoms with Crippen molar-refractivity contribution in [1.82, 2.24) is 5.32 Å². The SMILES string of the molecule is COc1ccc(CCNC(C)c2cc(Cl)sc2Cl)cc1. The van der Waals surface area contributed by atoms with E-state index in [4.69, 9.17) is 27.9 Å². The molecule has 20 heavy (non-hydrogen) atoms. The van der Waals surface area contributed by atoms with E-state index >= 15 is 0 Å². The molecule has 0 radical (unpaired) electrons. The van der Waals surface area contributed by atoms with E-state index in [2.05, 4.69) is 24.4 Å². The third-order valence-corrected chi connectivity index (χ3v) is 4.69. The van der Waals surface area contributed by atoms with Crippen LogP contribution >= 0.6 is 34.5 Å². The number of hydrogen-bond acceptors (Lipinski definition) is 3. The van der Waals surface area contributed by atoms with Crippen molar-refractivity contribution < 1.29 is 4.74 Å². The molecule has 2 nitrogen and oxygen atoms in total. The molecule has 2 rings (SSSR count). The molecule has 1 aromatic carbocycles. The topological polar surface area (TPSA) is 21.3 Å². The molecule has 0 aliphatic carbocycles. The molecule has 1 aromatic heterocycles. The number of benzene rings is 1. The molecule has 0 saturated heterocycles. The normalized spacial score (nSPS) is 12.4. The Morgan fingerprint density at radius 1 is 1.25 bits per heavy atom. The number of rotatable bonds is 6. The first-order valence-electron chi connectivity index (χ1n) is 6.41. The third kappa shape index (κ3) is 4.13. The molecule has 2 aromatic rings. The van der Waals surface area contributed by atoms with Crippen molar-refractivity contribution >= 4 is 34.5 Å². The second-order valence-corrected chi connectivity index (χ2v) is 6.84. The van der Waals surface area contributed by atoms with Crippen molar-refractivity contribution in [2.75, 3.05) is 13.7 Å². The zero-order chi connectivity index (χ0) is 14.5. The third-order valence-electron chi connectivity index (χ3n) is 3.17. The number of thiophene rings is 1. The van der Waals surface area contributed by atoms with E-state index in [9.17, 15) is 0 Å². The van der Waals surface area contributed by atoms with E-state index in [1.165, 1.54) is 16.9 Å². The highest BCUT2D eigenvalue weighted by Crippen LogP contribution is 2.34. The van der Waals surface area contributed by atoms with Crippen LogP contribution in [0.15, 0.2) is 30.3 Å². The van der Waals surface area contributed by atoms with Crippen molar-refractivity contribution in [3.8, 4) is 5.75 Å². The summed E-state index contributed by atoms with van der Waals surface area (Å²) in [6.45, 7) is 2.98. The van der Waals surface area contributed by atoms with Gasteiger partial charge in [0.1, 0.15) is 5.75 Å². The Morgan fingerprint density at radius 2 is 1.95 bits per heavy atom. The van der Waals surface area contributed by atoms with Crippen LogP contribution < -0.4 is 10.1 Å². The monoisotopic (exact) mass is 329 g/mol. The van der Waals surface area contributed by atoms with Crippen LogP contribution in [0.2, 0.25) is 8.67 Å². The second kappa shape index (κ2) is 7.32. The molecule has 5 heteroatoms. The van der Waals surface area contributed by atoms with Gasteiger partial charge < -0.3 is 10.1 Å². The Balaban J connectivity index is 1.84. The minimum Gasteiger partial charge on any atom is -0.497 e. The molecule has 1 N–H and O–H groups in total. The summed E-state index contributed by atoms with van der Waals surface area (Å²) in [4.78, 5) is 0. The number of methoxy groups -OCH3 is 1. The van der Waals surface area contributed by atoms with Gasteiger partial charge in [0.25, 0.3) is 0 Å². The standard InChI is InChI=1S/C15H17Cl2NOS/c1-10(13-9-14(16)20-15(13)17)18-8-7-11-3-5-12(19-2)6-4-11/h3-6,9-10,18H,7-8H2,1-2H3. The van der Waals surface area contributed by atoms with Gasteiger partial charge in [-0.25, -0.2) is 0 Å². The quantitative estimate of drug-likeness (QED) is 0.808. The predicted octanol–water partition coefficient (Wildman–Crippen LogP) is 4.96. The number of nitrogens with one attached hydrogen (secondary N) is 1. The lowest BCUT2D eigenvalue weighted by Gasteiger charge is -2.13. The first kappa shape index (κ1) is 15.6. The molecule has 0 bridgehead atoms. The van der Waals surface area contributed by atoms with Crippen LogP contribution in [0.25, 0.3) is 0 Å². The summed E-state index contributed by atoms with van der Waals surface area (Å²) < 4.78 is 6.64. The first-order chi connectivity index (χ1) is 9.60. The largest absolute Gasteiger partial charge is 0.497 e. The zero-order valence-corrected chi connectivity index (χ0v) is 13.8. The number of ether oxygens (including phenoxy) is 1. The van der Waals surface area contributed by atoms with Crippen LogP contribution in [-0.4, -0.2) is 13.7 Å². The van der Waals surface area contributed by atoms with E-state index in [0.717, 1.165) is 33.0 Å². The van der Waals surface area contributed by atoms with Gasteiger partial charge in [0.2, 0.25) is 0 Å². The summed E-state index contributed by atoms with van der Waals surface area (Å²) in [5.74, 6) is 0.884. The Bertz CT molecular complexity index is 554. The molecule has 1 atom stereocenters. The van der Waals surface area contributed by atoms with Gasteiger partial charge >= 0.3 is 0 Å². The smallest absolute Gasteiger partial charge is 0.118 e. The van der Waals surface area contributed by atoms with Gasteiger partial charge in [-0.3, -0.25) is 0 Å². The fourth-order valence-corrected chi connectivity index (χ4v) is 3.63. The summed E-state index contributed by atoms with van der Waals surface area (Å²) in [5.41, 5.74) is 2.34. The average molecular weight is 330 g/mol. The maximum Gasteiger partial charge on any atom is 0.118 e. The minimum atomic E-state index is 0.199. The van der Waals surface area contributed by atoms with Gasteiger partial charge in [0.05, 0.1) is 15.8 Å². The summed E-state index contributed by atoms with van der Waals surface area (Å²) in [7, 11) is 1.67. The molecule has 0 spiro atoms. The lowest BCUT2D eigenvalue weighted by molar-refractivity contribution is 0.414. The highest BCUT2D eigenvalue weighted by atomic mass is 35.5. The maximum absolute atomic E-state index is 6.15. The van der Waals surface area contributed by atoms with Crippen molar-refractivity contribution in [2.24, 2.45) is 0 Å². The molecule has 0 fully saturated rings. The number of hydrogen-bond donors (Lipinski definition) is 1. The van der Waals surface area contributed by atoms with E-state index in [0.29, 0.717) is 0 Å². The Kier molecular flexibility index (Phi) is 5.73. The van der Waals surface area contributed by atoms with Crippen LogP contribution in [0.4, 0.5) is 0 Å². The van der Waals surface area contributed by atoms with E-state index in [1.54, 1.807) is 7.11 Å². The highest BCUT2D eigenvalue weighted by molar-refractivity contribution is 7.20. The van der Waals surface area contributed by atoms with Crippen molar-refractivity contribution in [1.29, 1.82) is 0 Å². The van der Waals surface area contributed by atoms with Crippen molar-refractivity contribution in [3.05, 3.63) is 50.1 Å². The van der Waals surface area contributed by atoms with Crippen molar-refractivity contribution in [2.45, 2.75) is 19.4 Å². The van der Waals surface area contributed by atoms with Gasteiger partial charge in [-0.05, 0) is 49.2 Å². The van der Waals surface area contributed by atoms with Gasteiger partial charge in [-0.1, -0.05) is 35.3 Å². The molecular weight excluding hydrogens is 313 g/mol. The molecular formula is C15H17Cl2NOS. The van der Waals surface area contributed by atoms with Crippen LogP contribution in [-0.2, 0) is 6.42 Å². The Hall–Kier alpha value is -0.740. The lowest BCUT2D eigenvalue weighted by Crippen LogP contribution is -2.21. The average Bonchev–Trinajstić information content (AvgIpc) is 2.78. The van der Waals surface area contributed by atoms with Crippen LogP contribution in [0.1, 0.15) is 24.1 Å². The van der Waals surface area contributed by atoms with Crippen LogP contribution in [0, 0.1) is 0 Å². The Morgan fingerprint density at radius 3 is 2.50 bits per heavy atom. The van der Waals surface area contributed by atoms with Crippen LogP contribution in [0.3, 0.4) is 0 Å². The summed E-state index contributed by atoms with van der Waals surface area (Å²) in [6.07, 6.45) is 0.962. The van der Waals surface area contributed by atoms with Crippen molar-refractivity contribution in [3.63, 3.8) is 0 Å². The molecule has 1 unspecified atom stereocenters. The summed E-state index contributed by atoms with van der Waals surface area (Å²) in [6, 6.07) is 10.3. The molecule has 0 saturated carbocycles. The molecule has 108 valence electrons. The van der Waals surface area contributed by atoms with Gasteiger partial charge in [-0.2, -0.15) is 0 Å². The summed E-state index contributed by atoms with van der Waals surface area (Å²) in [5, 5.41) is 3.46. The zero-order valence-electron chi connectivity index (χ0n) is 11.5. The molecule has 0 aliphatic heterocycles. The van der Waals surface area contributed by atoms with E-state index < -0.39 is 0 Å². The van der Waals surface area contributed by atoms with Crippen LogP contribution in [0.5, 0.6) is 5.75 Å². The van der Waals surface area contributed by atoms with Gasteiger partial charge in [0.15, 0.2) is 0 Å². The first-order valence-corrected chi connectivity index (χ1v) is 7.98. The molecule has 0 aliphatic rings. The van der Waals surface area contributed by atoms with E-state index in [-0.39, 0.29) is 6.04 Å². The van der Waals surface area contributed by atoms with E-state index in [1.807, 2.05) is 18.2 Å².